The number of nitrogens with zero attached hydrogens (tertiary/aromatic N) is 5. The zero-order valence-corrected chi connectivity index (χ0v) is 20.5. The molecule has 4 heterocycles. The van der Waals surface area contributed by atoms with Crippen molar-refractivity contribution in [2.24, 2.45) is 0 Å². The van der Waals surface area contributed by atoms with Crippen LogP contribution < -0.4 is 0 Å². The summed E-state index contributed by atoms with van der Waals surface area (Å²) in [6.07, 6.45) is 3.90. The molecule has 37 heavy (non-hydrogen) atoms. The van der Waals surface area contributed by atoms with Crippen LogP contribution in [0, 0.1) is 12.7 Å². The van der Waals surface area contributed by atoms with Crippen LogP contribution in [0.4, 0.5) is 4.39 Å². The maximum atomic E-state index is 13.6. The van der Waals surface area contributed by atoms with Crippen molar-refractivity contribution in [2.75, 3.05) is 13.1 Å². The summed E-state index contributed by atoms with van der Waals surface area (Å²) in [6.45, 7) is 2.99. The molecule has 6 rings (SSSR count). The predicted molar refractivity (Wildman–Crippen MR) is 138 cm³/mol. The topological polar surface area (TPSA) is 77.0 Å². The lowest BCUT2D eigenvalue weighted by molar-refractivity contribution is 0.0694. The minimum absolute atomic E-state index is 0.0591. The van der Waals surface area contributed by atoms with Crippen molar-refractivity contribution in [1.82, 2.24) is 24.6 Å². The Hall–Kier alpha value is -4.33. The van der Waals surface area contributed by atoms with Gasteiger partial charge in [-0.05, 0) is 49.6 Å². The number of amides is 1. The van der Waals surface area contributed by atoms with E-state index in [-0.39, 0.29) is 17.8 Å². The number of imidazole rings is 1. The first-order chi connectivity index (χ1) is 18.1. The molecule has 0 aliphatic carbocycles. The second-order valence-corrected chi connectivity index (χ2v) is 9.40. The molecular formula is C29H26FN5O2. The summed E-state index contributed by atoms with van der Waals surface area (Å²) in [5, 5.41) is 4.18. The Morgan fingerprint density at radius 3 is 2.54 bits per heavy atom. The minimum atomic E-state index is -0.255. The molecule has 0 saturated carbocycles. The Bertz CT molecular complexity index is 1550. The molecular weight excluding hydrogens is 469 g/mol. The molecule has 1 aliphatic rings. The summed E-state index contributed by atoms with van der Waals surface area (Å²) in [5.74, 6) is 1.11. The van der Waals surface area contributed by atoms with E-state index in [9.17, 15) is 9.18 Å². The number of likely N-dealkylation sites (tertiary alicyclic amines) is 1. The average Bonchev–Trinajstić information content (AvgIpc) is 3.50. The van der Waals surface area contributed by atoms with Crippen LogP contribution in [-0.2, 0) is 6.42 Å². The molecule has 7 nitrogen and oxygen atoms in total. The fraction of sp³-hybridized carbons (Fsp3) is 0.241. The molecule has 3 aromatic heterocycles. The summed E-state index contributed by atoms with van der Waals surface area (Å²) >= 11 is 0. The molecule has 0 atom stereocenters. The smallest absolute Gasteiger partial charge is 0.259 e. The van der Waals surface area contributed by atoms with Gasteiger partial charge in [-0.3, -0.25) is 4.79 Å². The van der Waals surface area contributed by atoms with Crippen LogP contribution in [0.1, 0.15) is 46.4 Å². The fourth-order valence-corrected chi connectivity index (χ4v) is 5.17. The minimum Gasteiger partial charge on any atom is -0.360 e. The van der Waals surface area contributed by atoms with Crippen molar-refractivity contribution in [3.8, 4) is 11.3 Å². The number of benzene rings is 2. The zero-order chi connectivity index (χ0) is 25.4. The zero-order valence-electron chi connectivity index (χ0n) is 20.5. The van der Waals surface area contributed by atoms with E-state index in [4.69, 9.17) is 9.51 Å². The fourth-order valence-electron chi connectivity index (χ4n) is 5.17. The Labute approximate surface area is 213 Å². The van der Waals surface area contributed by atoms with Gasteiger partial charge in [-0.15, -0.1) is 0 Å². The molecule has 1 aliphatic heterocycles. The lowest BCUT2D eigenvalue weighted by atomic mass is 10.0. The molecule has 0 bridgehead atoms. The summed E-state index contributed by atoms with van der Waals surface area (Å²) in [4.78, 5) is 25.0. The van der Waals surface area contributed by atoms with E-state index < -0.39 is 0 Å². The molecule has 0 radical (unpaired) electrons. The van der Waals surface area contributed by atoms with Crippen LogP contribution >= 0.6 is 0 Å². The third-order valence-electron chi connectivity index (χ3n) is 7.04. The Morgan fingerprint density at radius 2 is 1.78 bits per heavy atom. The SMILES string of the molecule is Cc1onc(-c2ccccc2)c1C(=O)N1CCC(n2c(Cc3ccc(F)cc3)nc3cccnc32)CC1. The van der Waals surface area contributed by atoms with E-state index in [0.29, 0.717) is 36.5 Å². The lowest BCUT2D eigenvalue weighted by Gasteiger charge is -2.33. The van der Waals surface area contributed by atoms with E-state index in [1.807, 2.05) is 47.4 Å². The highest BCUT2D eigenvalue weighted by atomic mass is 19.1. The average molecular weight is 496 g/mol. The summed E-state index contributed by atoms with van der Waals surface area (Å²) < 4.78 is 21.1. The first kappa shape index (κ1) is 23.1. The summed E-state index contributed by atoms with van der Waals surface area (Å²) in [7, 11) is 0. The van der Waals surface area contributed by atoms with E-state index in [0.717, 1.165) is 41.0 Å². The van der Waals surface area contributed by atoms with Gasteiger partial charge in [-0.1, -0.05) is 47.6 Å². The number of aryl methyl sites for hydroxylation is 1. The molecule has 1 amide bonds. The van der Waals surface area contributed by atoms with Crippen molar-refractivity contribution in [2.45, 2.75) is 32.2 Å². The molecule has 186 valence electrons. The van der Waals surface area contributed by atoms with Crippen molar-refractivity contribution in [3.63, 3.8) is 0 Å². The third-order valence-corrected chi connectivity index (χ3v) is 7.04. The first-order valence-electron chi connectivity index (χ1n) is 12.5. The number of fused-ring (bicyclic) bond motifs is 1. The summed E-state index contributed by atoms with van der Waals surface area (Å²) in [6, 6.07) is 20.2. The normalized spacial score (nSPS) is 14.4. The quantitative estimate of drug-likeness (QED) is 0.317. The number of carbonyl (C=O) groups excluding carboxylic acids is 1. The highest BCUT2D eigenvalue weighted by Gasteiger charge is 2.31. The predicted octanol–water partition coefficient (Wildman–Crippen LogP) is 5.60. The van der Waals surface area contributed by atoms with Gasteiger partial charge in [0.2, 0.25) is 0 Å². The van der Waals surface area contributed by atoms with Gasteiger partial charge in [-0.2, -0.15) is 0 Å². The number of carbonyl (C=O) groups is 1. The number of pyridine rings is 1. The number of aromatic nitrogens is 4. The number of hydrogen-bond acceptors (Lipinski definition) is 5. The Balaban J connectivity index is 1.25. The number of rotatable bonds is 5. The van der Waals surface area contributed by atoms with Crippen molar-refractivity contribution >= 4 is 17.1 Å². The van der Waals surface area contributed by atoms with Gasteiger partial charge in [0.25, 0.3) is 5.91 Å². The van der Waals surface area contributed by atoms with Gasteiger partial charge in [0.1, 0.15) is 34.2 Å². The van der Waals surface area contributed by atoms with Gasteiger partial charge >= 0.3 is 0 Å². The molecule has 0 unspecified atom stereocenters. The number of piperidine rings is 1. The van der Waals surface area contributed by atoms with E-state index in [2.05, 4.69) is 14.7 Å². The van der Waals surface area contributed by atoms with Crippen LogP contribution in [0.3, 0.4) is 0 Å². The second-order valence-electron chi connectivity index (χ2n) is 9.40. The van der Waals surface area contributed by atoms with Gasteiger partial charge in [0.15, 0.2) is 5.65 Å². The van der Waals surface area contributed by atoms with Crippen LogP contribution in [0.15, 0.2) is 77.4 Å². The van der Waals surface area contributed by atoms with Gasteiger partial charge in [0.05, 0.1) is 0 Å². The highest BCUT2D eigenvalue weighted by molar-refractivity contribution is 6.00. The summed E-state index contributed by atoms with van der Waals surface area (Å²) in [5.41, 5.74) is 4.63. The monoisotopic (exact) mass is 495 g/mol. The van der Waals surface area contributed by atoms with E-state index >= 15 is 0 Å². The van der Waals surface area contributed by atoms with Crippen LogP contribution in [0.5, 0.6) is 0 Å². The highest BCUT2D eigenvalue weighted by Crippen LogP contribution is 2.32. The van der Waals surface area contributed by atoms with Crippen molar-refractivity contribution in [3.05, 3.63) is 101 Å². The lowest BCUT2D eigenvalue weighted by Crippen LogP contribution is -2.39. The third kappa shape index (κ3) is 4.39. The molecule has 1 fully saturated rings. The van der Waals surface area contributed by atoms with Crippen LogP contribution in [0.25, 0.3) is 22.4 Å². The van der Waals surface area contributed by atoms with E-state index in [1.165, 1.54) is 12.1 Å². The molecule has 2 aromatic carbocycles. The van der Waals surface area contributed by atoms with Gasteiger partial charge < -0.3 is 14.0 Å². The van der Waals surface area contributed by atoms with Gasteiger partial charge in [0, 0.05) is 37.3 Å². The number of halogens is 1. The molecule has 0 N–H and O–H groups in total. The van der Waals surface area contributed by atoms with Crippen molar-refractivity contribution in [1.29, 1.82) is 0 Å². The second kappa shape index (κ2) is 9.61. The molecule has 0 spiro atoms. The standard InChI is InChI=1S/C29H26FN5O2/c1-19-26(27(33-37-19)21-6-3-2-4-7-21)29(36)34-16-13-23(14-17-34)35-25(18-20-9-11-22(30)12-10-20)32-24-8-5-15-31-28(24)35/h2-12,15,23H,13-14,16-18H2,1H3. The molecule has 8 heteroatoms. The first-order valence-corrected chi connectivity index (χ1v) is 12.5. The maximum absolute atomic E-state index is 13.6. The van der Waals surface area contributed by atoms with Crippen LogP contribution in [0.2, 0.25) is 0 Å². The van der Waals surface area contributed by atoms with Gasteiger partial charge in [-0.25, -0.2) is 14.4 Å². The largest absolute Gasteiger partial charge is 0.360 e. The Kier molecular flexibility index (Phi) is 6.00. The van der Waals surface area contributed by atoms with Crippen molar-refractivity contribution < 1.29 is 13.7 Å². The van der Waals surface area contributed by atoms with Crippen LogP contribution in [-0.4, -0.2) is 43.6 Å². The Morgan fingerprint density at radius 1 is 1.03 bits per heavy atom. The molecule has 1 saturated heterocycles. The number of hydrogen-bond donors (Lipinski definition) is 0. The molecule has 5 aromatic rings. The van der Waals surface area contributed by atoms with E-state index in [1.54, 1.807) is 25.3 Å². The maximum Gasteiger partial charge on any atom is 0.259 e.